The average Bonchev–Trinajstić information content (AvgIpc) is 2.18. The second kappa shape index (κ2) is 5.32. The van der Waals surface area contributed by atoms with Gasteiger partial charge >= 0.3 is 5.97 Å². The minimum Gasteiger partial charge on any atom is -0.480 e. The van der Waals surface area contributed by atoms with E-state index in [4.69, 9.17) is 16.7 Å². The number of hydrogen-bond acceptors (Lipinski definition) is 2. The third-order valence-corrected chi connectivity index (χ3v) is 3.19. The number of rotatable bonds is 4. The molecular formula is C9H7ClF2O2S. The molecule has 1 atom stereocenters. The molecule has 1 aromatic rings. The summed E-state index contributed by atoms with van der Waals surface area (Å²) in [6.45, 7) is 0. The summed E-state index contributed by atoms with van der Waals surface area (Å²) in [5.41, 5.74) is 0. The van der Waals surface area contributed by atoms with Crippen molar-refractivity contribution in [1.82, 2.24) is 0 Å². The minimum absolute atomic E-state index is 0.0166. The van der Waals surface area contributed by atoms with Crippen molar-refractivity contribution in [2.24, 2.45) is 0 Å². The predicted octanol–water partition coefficient (Wildman–Crippen LogP) is 2.75. The summed E-state index contributed by atoms with van der Waals surface area (Å²) < 4.78 is 25.7. The standard InChI is InChI=1S/C9H7ClF2O2S/c10-6(9(13)14)4-15-8-3-5(11)1-2-7(8)12/h1-3,6H,4H2,(H,13,14). The van der Waals surface area contributed by atoms with Crippen LogP contribution in [0.4, 0.5) is 8.78 Å². The Kier molecular flexibility index (Phi) is 4.35. The van der Waals surface area contributed by atoms with Gasteiger partial charge in [-0.05, 0) is 18.2 Å². The van der Waals surface area contributed by atoms with Crippen LogP contribution in [0, 0.1) is 11.6 Å². The highest BCUT2D eigenvalue weighted by molar-refractivity contribution is 7.99. The first kappa shape index (κ1) is 12.3. The molecule has 0 spiro atoms. The Hall–Kier alpha value is -0.810. The number of halogens is 3. The lowest BCUT2D eigenvalue weighted by Crippen LogP contribution is -2.15. The molecule has 0 amide bonds. The summed E-state index contributed by atoms with van der Waals surface area (Å²) in [6.07, 6.45) is 0. The van der Waals surface area contributed by atoms with E-state index in [0.717, 1.165) is 30.0 Å². The van der Waals surface area contributed by atoms with Gasteiger partial charge < -0.3 is 5.11 Å². The fraction of sp³-hybridized carbons (Fsp3) is 0.222. The number of carboxylic acid groups (broad SMARTS) is 1. The quantitative estimate of drug-likeness (QED) is 0.661. The van der Waals surface area contributed by atoms with Gasteiger partial charge in [-0.15, -0.1) is 23.4 Å². The highest BCUT2D eigenvalue weighted by Gasteiger charge is 2.15. The normalized spacial score (nSPS) is 12.5. The summed E-state index contributed by atoms with van der Waals surface area (Å²) in [5.74, 6) is -2.35. The summed E-state index contributed by atoms with van der Waals surface area (Å²) in [6, 6.07) is 2.99. The Balaban J connectivity index is 2.65. The molecule has 2 nitrogen and oxygen atoms in total. The van der Waals surface area contributed by atoms with Gasteiger partial charge in [-0.25, -0.2) is 8.78 Å². The number of carbonyl (C=O) groups is 1. The van der Waals surface area contributed by atoms with Crippen molar-refractivity contribution in [3.63, 3.8) is 0 Å². The summed E-state index contributed by atoms with van der Waals surface area (Å²) >= 11 is 6.29. The van der Waals surface area contributed by atoms with E-state index in [1.165, 1.54) is 0 Å². The molecule has 0 heterocycles. The van der Waals surface area contributed by atoms with E-state index in [2.05, 4.69) is 0 Å². The van der Waals surface area contributed by atoms with E-state index in [-0.39, 0.29) is 10.6 Å². The number of thioether (sulfide) groups is 1. The van der Waals surface area contributed by atoms with Crippen LogP contribution in [0.15, 0.2) is 23.1 Å². The molecule has 0 aliphatic rings. The highest BCUT2D eigenvalue weighted by atomic mass is 35.5. The minimum atomic E-state index is -1.18. The monoisotopic (exact) mass is 252 g/mol. The molecule has 0 radical (unpaired) electrons. The number of hydrogen-bond donors (Lipinski definition) is 1. The Morgan fingerprint density at radius 1 is 1.53 bits per heavy atom. The summed E-state index contributed by atoms with van der Waals surface area (Å²) in [5, 5.41) is 7.36. The summed E-state index contributed by atoms with van der Waals surface area (Å²) in [4.78, 5) is 10.4. The lowest BCUT2D eigenvalue weighted by atomic mass is 10.3. The third-order valence-electron chi connectivity index (χ3n) is 1.55. The molecule has 0 fully saturated rings. The van der Waals surface area contributed by atoms with Crippen molar-refractivity contribution in [3.05, 3.63) is 29.8 Å². The van der Waals surface area contributed by atoms with Gasteiger partial charge in [-0.3, -0.25) is 4.79 Å². The van der Waals surface area contributed by atoms with Crippen molar-refractivity contribution in [2.45, 2.75) is 10.3 Å². The van der Waals surface area contributed by atoms with Crippen molar-refractivity contribution < 1.29 is 18.7 Å². The second-order valence-electron chi connectivity index (χ2n) is 2.69. The van der Waals surface area contributed by atoms with Gasteiger partial charge in [0.25, 0.3) is 0 Å². The summed E-state index contributed by atoms with van der Waals surface area (Å²) in [7, 11) is 0. The zero-order valence-electron chi connectivity index (χ0n) is 7.41. The number of alkyl halides is 1. The van der Waals surface area contributed by atoms with Crippen molar-refractivity contribution >= 4 is 29.3 Å². The zero-order chi connectivity index (χ0) is 11.4. The van der Waals surface area contributed by atoms with Crippen LogP contribution >= 0.6 is 23.4 Å². The van der Waals surface area contributed by atoms with Crippen molar-refractivity contribution in [1.29, 1.82) is 0 Å². The first-order valence-electron chi connectivity index (χ1n) is 3.95. The van der Waals surface area contributed by atoms with Crippen LogP contribution in [0.3, 0.4) is 0 Å². The number of benzene rings is 1. The van der Waals surface area contributed by atoms with Gasteiger partial charge in [0.05, 0.1) is 0 Å². The maximum absolute atomic E-state index is 13.0. The number of aliphatic carboxylic acids is 1. The van der Waals surface area contributed by atoms with Crippen LogP contribution < -0.4 is 0 Å². The molecule has 1 rings (SSSR count). The SMILES string of the molecule is O=C(O)C(Cl)CSc1cc(F)ccc1F. The molecule has 0 saturated carbocycles. The van der Waals surface area contributed by atoms with Crippen molar-refractivity contribution in [2.75, 3.05) is 5.75 Å². The van der Waals surface area contributed by atoms with E-state index in [1.54, 1.807) is 0 Å². The average molecular weight is 253 g/mol. The Morgan fingerprint density at radius 3 is 2.80 bits per heavy atom. The Bertz CT molecular complexity index is 373. The lowest BCUT2D eigenvalue weighted by molar-refractivity contribution is -0.136. The fourth-order valence-electron chi connectivity index (χ4n) is 0.822. The molecule has 1 N–H and O–H groups in total. The van der Waals surface area contributed by atoms with Gasteiger partial charge in [-0.2, -0.15) is 0 Å². The molecule has 0 aromatic heterocycles. The van der Waals surface area contributed by atoms with Gasteiger partial charge in [-0.1, -0.05) is 0 Å². The molecule has 6 heteroatoms. The van der Waals surface area contributed by atoms with E-state index in [0.29, 0.717) is 0 Å². The molecule has 0 bridgehead atoms. The largest absolute Gasteiger partial charge is 0.480 e. The van der Waals surface area contributed by atoms with Crippen LogP contribution in [-0.2, 0) is 4.79 Å². The van der Waals surface area contributed by atoms with E-state index in [1.807, 2.05) is 0 Å². The van der Waals surface area contributed by atoms with Gasteiger partial charge in [0.15, 0.2) is 0 Å². The zero-order valence-corrected chi connectivity index (χ0v) is 8.99. The molecule has 0 aliphatic heterocycles. The smallest absolute Gasteiger partial charge is 0.322 e. The molecule has 82 valence electrons. The first-order chi connectivity index (χ1) is 7.00. The lowest BCUT2D eigenvalue weighted by Gasteiger charge is -2.05. The van der Waals surface area contributed by atoms with E-state index >= 15 is 0 Å². The first-order valence-corrected chi connectivity index (χ1v) is 5.37. The molecule has 15 heavy (non-hydrogen) atoms. The maximum Gasteiger partial charge on any atom is 0.322 e. The topological polar surface area (TPSA) is 37.3 Å². The molecular weight excluding hydrogens is 246 g/mol. The number of carboxylic acids is 1. The highest BCUT2D eigenvalue weighted by Crippen LogP contribution is 2.24. The van der Waals surface area contributed by atoms with Crippen LogP contribution in [0.25, 0.3) is 0 Å². The van der Waals surface area contributed by atoms with Gasteiger partial charge in [0, 0.05) is 10.6 Å². The Morgan fingerprint density at radius 2 is 2.20 bits per heavy atom. The van der Waals surface area contributed by atoms with Crippen LogP contribution in [-0.4, -0.2) is 22.2 Å². The predicted molar refractivity (Wildman–Crippen MR) is 54.4 cm³/mol. The van der Waals surface area contributed by atoms with Crippen molar-refractivity contribution in [3.8, 4) is 0 Å². The fourth-order valence-corrected chi connectivity index (χ4v) is 1.88. The third kappa shape index (κ3) is 3.68. The molecule has 0 saturated heterocycles. The van der Waals surface area contributed by atoms with Crippen LogP contribution in [0.2, 0.25) is 0 Å². The van der Waals surface area contributed by atoms with E-state index in [9.17, 15) is 13.6 Å². The second-order valence-corrected chi connectivity index (χ2v) is 4.28. The maximum atomic E-state index is 13.0. The molecule has 1 unspecified atom stereocenters. The van der Waals surface area contributed by atoms with Crippen LogP contribution in [0.1, 0.15) is 0 Å². The van der Waals surface area contributed by atoms with Gasteiger partial charge in [0.2, 0.25) is 0 Å². The van der Waals surface area contributed by atoms with E-state index < -0.39 is 23.0 Å². The van der Waals surface area contributed by atoms with Crippen LogP contribution in [0.5, 0.6) is 0 Å². The molecule has 0 aliphatic carbocycles. The van der Waals surface area contributed by atoms with Gasteiger partial charge in [0.1, 0.15) is 17.0 Å². The molecule has 1 aromatic carbocycles. The Labute approximate surface area is 94.2 Å².